The van der Waals surface area contributed by atoms with Crippen molar-refractivity contribution < 1.29 is 4.74 Å². The fourth-order valence-corrected chi connectivity index (χ4v) is 1.52. The van der Waals surface area contributed by atoms with Gasteiger partial charge in [0.2, 0.25) is 0 Å². The Morgan fingerprint density at radius 3 is 2.54 bits per heavy atom. The highest BCUT2D eigenvalue weighted by Crippen LogP contribution is 2.15. The topological polar surface area (TPSA) is 38.5 Å². The van der Waals surface area contributed by atoms with Crippen LogP contribution in [0.4, 0.5) is 0 Å². The molecule has 1 aliphatic rings. The quantitative estimate of drug-likeness (QED) is 0.707. The molecule has 0 spiro atoms. The normalized spacial score (nSPS) is 24.5. The molecule has 0 bridgehead atoms. The van der Waals surface area contributed by atoms with E-state index in [1.54, 1.807) is 0 Å². The standard InChI is InChI=1S/C10H22N2O/c1-10(2,3)13-7-6-12-5-4-9(12)8-11/h9H,4-8,11H2,1-3H3. The molecule has 3 heteroatoms. The van der Waals surface area contributed by atoms with Gasteiger partial charge in [-0.25, -0.2) is 0 Å². The smallest absolute Gasteiger partial charge is 0.0600 e. The summed E-state index contributed by atoms with van der Waals surface area (Å²) in [5.74, 6) is 0. The largest absolute Gasteiger partial charge is 0.375 e. The van der Waals surface area contributed by atoms with Crippen molar-refractivity contribution in [2.45, 2.75) is 38.8 Å². The van der Waals surface area contributed by atoms with Gasteiger partial charge in [0, 0.05) is 25.7 Å². The van der Waals surface area contributed by atoms with Crippen LogP contribution in [0, 0.1) is 0 Å². The van der Waals surface area contributed by atoms with Gasteiger partial charge in [0.1, 0.15) is 0 Å². The minimum absolute atomic E-state index is 0.0108. The summed E-state index contributed by atoms with van der Waals surface area (Å²) >= 11 is 0. The zero-order valence-corrected chi connectivity index (χ0v) is 9.05. The summed E-state index contributed by atoms with van der Waals surface area (Å²) in [6.07, 6.45) is 1.26. The summed E-state index contributed by atoms with van der Waals surface area (Å²) in [4.78, 5) is 2.39. The summed E-state index contributed by atoms with van der Waals surface area (Å²) in [6.45, 7) is 10.1. The lowest BCUT2D eigenvalue weighted by atomic mass is 10.0. The van der Waals surface area contributed by atoms with E-state index in [2.05, 4.69) is 25.7 Å². The van der Waals surface area contributed by atoms with Gasteiger partial charge in [0.15, 0.2) is 0 Å². The van der Waals surface area contributed by atoms with Crippen LogP contribution in [-0.2, 0) is 4.74 Å². The van der Waals surface area contributed by atoms with Crippen molar-refractivity contribution in [1.29, 1.82) is 0 Å². The first kappa shape index (κ1) is 11.0. The van der Waals surface area contributed by atoms with Crippen LogP contribution in [0.2, 0.25) is 0 Å². The minimum Gasteiger partial charge on any atom is -0.375 e. The third kappa shape index (κ3) is 3.63. The van der Waals surface area contributed by atoms with Crippen LogP contribution in [0.3, 0.4) is 0 Å². The highest BCUT2D eigenvalue weighted by molar-refractivity contribution is 4.83. The van der Waals surface area contributed by atoms with Gasteiger partial charge in [-0.3, -0.25) is 4.90 Å². The monoisotopic (exact) mass is 186 g/mol. The number of hydrogen-bond acceptors (Lipinski definition) is 3. The molecular weight excluding hydrogens is 164 g/mol. The molecule has 1 heterocycles. The molecule has 1 aliphatic heterocycles. The molecule has 13 heavy (non-hydrogen) atoms. The summed E-state index contributed by atoms with van der Waals surface area (Å²) in [5, 5.41) is 0. The summed E-state index contributed by atoms with van der Waals surface area (Å²) in [7, 11) is 0. The Morgan fingerprint density at radius 2 is 2.15 bits per heavy atom. The van der Waals surface area contributed by atoms with Crippen LogP contribution in [0.5, 0.6) is 0 Å². The molecule has 1 saturated heterocycles. The zero-order chi connectivity index (χ0) is 9.90. The average molecular weight is 186 g/mol. The Labute approximate surface area is 81.2 Å². The van der Waals surface area contributed by atoms with Crippen LogP contribution in [0.25, 0.3) is 0 Å². The minimum atomic E-state index is -0.0108. The van der Waals surface area contributed by atoms with E-state index in [1.807, 2.05) is 0 Å². The van der Waals surface area contributed by atoms with E-state index in [1.165, 1.54) is 13.0 Å². The summed E-state index contributed by atoms with van der Waals surface area (Å²) in [5.41, 5.74) is 5.59. The SMILES string of the molecule is CC(C)(C)OCCN1CCC1CN. The van der Waals surface area contributed by atoms with Crippen LogP contribution in [0.1, 0.15) is 27.2 Å². The first-order valence-electron chi connectivity index (χ1n) is 5.11. The highest BCUT2D eigenvalue weighted by atomic mass is 16.5. The zero-order valence-electron chi connectivity index (χ0n) is 9.05. The van der Waals surface area contributed by atoms with E-state index in [0.29, 0.717) is 6.04 Å². The van der Waals surface area contributed by atoms with Gasteiger partial charge in [-0.15, -0.1) is 0 Å². The molecule has 0 amide bonds. The average Bonchev–Trinajstić information content (AvgIpc) is 1.95. The van der Waals surface area contributed by atoms with Crippen molar-refractivity contribution in [1.82, 2.24) is 4.90 Å². The lowest BCUT2D eigenvalue weighted by Gasteiger charge is -2.40. The first-order chi connectivity index (χ1) is 6.03. The molecule has 0 saturated carbocycles. The molecule has 0 aromatic rings. The molecule has 1 atom stereocenters. The Morgan fingerprint density at radius 1 is 1.46 bits per heavy atom. The number of rotatable bonds is 4. The number of hydrogen-bond donors (Lipinski definition) is 1. The van der Waals surface area contributed by atoms with Crippen molar-refractivity contribution in [2.75, 3.05) is 26.2 Å². The molecule has 3 nitrogen and oxygen atoms in total. The maximum atomic E-state index is 5.65. The van der Waals surface area contributed by atoms with E-state index in [0.717, 1.165) is 19.7 Å². The van der Waals surface area contributed by atoms with E-state index in [9.17, 15) is 0 Å². The van der Waals surface area contributed by atoms with E-state index in [4.69, 9.17) is 10.5 Å². The molecule has 1 unspecified atom stereocenters. The number of ether oxygens (including phenoxy) is 1. The van der Waals surface area contributed by atoms with Gasteiger partial charge >= 0.3 is 0 Å². The van der Waals surface area contributed by atoms with Gasteiger partial charge in [-0.2, -0.15) is 0 Å². The third-order valence-corrected chi connectivity index (χ3v) is 2.45. The van der Waals surface area contributed by atoms with Crippen molar-refractivity contribution >= 4 is 0 Å². The molecule has 78 valence electrons. The Balaban J connectivity index is 2.06. The van der Waals surface area contributed by atoms with Gasteiger partial charge in [-0.05, 0) is 27.2 Å². The molecule has 0 aromatic carbocycles. The first-order valence-corrected chi connectivity index (χ1v) is 5.11. The molecule has 0 aromatic heterocycles. The van der Waals surface area contributed by atoms with Crippen molar-refractivity contribution in [2.24, 2.45) is 5.73 Å². The highest BCUT2D eigenvalue weighted by Gasteiger charge is 2.26. The predicted octanol–water partition coefficient (Wildman–Crippen LogP) is 0.835. The summed E-state index contributed by atoms with van der Waals surface area (Å²) in [6, 6.07) is 0.614. The number of nitrogens with two attached hydrogens (primary N) is 1. The number of nitrogens with zero attached hydrogens (tertiary/aromatic N) is 1. The Kier molecular flexibility index (Phi) is 3.71. The maximum Gasteiger partial charge on any atom is 0.0600 e. The third-order valence-electron chi connectivity index (χ3n) is 2.45. The maximum absolute atomic E-state index is 5.65. The summed E-state index contributed by atoms with van der Waals surface area (Å²) < 4.78 is 5.65. The second-order valence-electron chi connectivity index (χ2n) is 4.68. The lowest BCUT2D eigenvalue weighted by Crippen LogP contribution is -2.52. The van der Waals surface area contributed by atoms with Crippen molar-refractivity contribution in [3.63, 3.8) is 0 Å². The predicted molar refractivity (Wildman–Crippen MR) is 54.7 cm³/mol. The van der Waals surface area contributed by atoms with Crippen LogP contribution >= 0.6 is 0 Å². The van der Waals surface area contributed by atoms with E-state index >= 15 is 0 Å². The van der Waals surface area contributed by atoms with Crippen molar-refractivity contribution in [3.05, 3.63) is 0 Å². The van der Waals surface area contributed by atoms with Gasteiger partial charge in [-0.1, -0.05) is 0 Å². The van der Waals surface area contributed by atoms with Crippen LogP contribution in [0.15, 0.2) is 0 Å². The Bertz CT molecular complexity index is 151. The molecule has 0 aliphatic carbocycles. The molecular formula is C10H22N2O. The van der Waals surface area contributed by atoms with Crippen LogP contribution in [-0.4, -0.2) is 42.8 Å². The molecule has 2 N–H and O–H groups in total. The van der Waals surface area contributed by atoms with Gasteiger partial charge < -0.3 is 10.5 Å². The fraction of sp³-hybridized carbons (Fsp3) is 1.00. The van der Waals surface area contributed by atoms with Gasteiger partial charge in [0.25, 0.3) is 0 Å². The fourth-order valence-electron chi connectivity index (χ4n) is 1.52. The van der Waals surface area contributed by atoms with Crippen LogP contribution < -0.4 is 5.73 Å². The van der Waals surface area contributed by atoms with E-state index < -0.39 is 0 Å². The second-order valence-corrected chi connectivity index (χ2v) is 4.68. The Hall–Kier alpha value is -0.120. The van der Waals surface area contributed by atoms with Gasteiger partial charge in [0.05, 0.1) is 12.2 Å². The molecule has 1 fully saturated rings. The molecule has 0 radical (unpaired) electrons. The second kappa shape index (κ2) is 4.40. The lowest BCUT2D eigenvalue weighted by molar-refractivity contribution is -0.0296. The molecule has 1 rings (SSSR count). The number of likely N-dealkylation sites (tertiary alicyclic amines) is 1. The van der Waals surface area contributed by atoms with Crippen molar-refractivity contribution in [3.8, 4) is 0 Å². The van der Waals surface area contributed by atoms with E-state index in [-0.39, 0.29) is 5.60 Å².